The Kier molecular flexibility index (Phi) is 6.12. The highest BCUT2D eigenvalue weighted by Crippen LogP contribution is 2.15. The third-order valence-electron chi connectivity index (χ3n) is 1.88. The highest BCUT2D eigenvalue weighted by Gasteiger charge is 2.03. The van der Waals surface area contributed by atoms with E-state index in [1.54, 1.807) is 18.4 Å². The molecule has 0 amide bonds. The average Bonchev–Trinajstić information content (AvgIpc) is 2.72. The maximum atomic E-state index is 8.56. The van der Waals surface area contributed by atoms with Gasteiger partial charge in [0.1, 0.15) is 6.61 Å². The number of thiophene rings is 1. The molecule has 0 aromatic carbocycles. The van der Waals surface area contributed by atoms with Crippen molar-refractivity contribution in [1.82, 2.24) is 0 Å². The summed E-state index contributed by atoms with van der Waals surface area (Å²) in [6, 6.07) is 1.98. The van der Waals surface area contributed by atoms with Crippen LogP contribution in [-0.4, -0.2) is 31.5 Å². The lowest BCUT2D eigenvalue weighted by atomic mass is 10.3. The first kappa shape index (κ1) is 13.2. The van der Waals surface area contributed by atoms with E-state index in [0.717, 1.165) is 10.4 Å². The van der Waals surface area contributed by atoms with E-state index in [1.807, 2.05) is 18.4 Å². The fourth-order valence-electron chi connectivity index (χ4n) is 1.17. The molecule has 1 rings (SSSR count). The summed E-state index contributed by atoms with van der Waals surface area (Å²) in [5.41, 5.74) is 0.928. The standard InChI is InChI=1S/C12H16O3S/c1-10(7-14-2)15-8-12-6-11(9-16-12)4-3-5-13/h6,9-10,13H,5,7-8H2,1-2H3. The summed E-state index contributed by atoms with van der Waals surface area (Å²) in [6.07, 6.45) is 0.0964. The summed E-state index contributed by atoms with van der Waals surface area (Å²) in [5.74, 6) is 5.47. The van der Waals surface area contributed by atoms with Crippen LogP contribution in [0.2, 0.25) is 0 Å². The molecule has 0 saturated heterocycles. The summed E-state index contributed by atoms with van der Waals surface area (Å²) >= 11 is 1.61. The molecule has 1 aromatic heterocycles. The van der Waals surface area contributed by atoms with Crippen LogP contribution < -0.4 is 0 Å². The second-order valence-corrected chi connectivity index (χ2v) is 4.33. The second-order valence-electron chi connectivity index (χ2n) is 3.34. The minimum absolute atomic E-state index is 0.0964. The molecular formula is C12H16O3S. The van der Waals surface area contributed by atoms with Crippen molar-refractivity contribution in [2.45, 2.75) is 19.6 Å². The van der Waals surface area contributed by atoms with Crippen LogP contribution in [0.15, 0.2) is 11.4 Å². The first-order valence-corrected chi connectivity index (χ1v) is 5.92. The van der Waals surface area contributed by atoms with Crippen molar-refractivity contribution in [1.29, 1.82) is 0 Å². The zero-order chi connectivity index (χ0) is 11.8. The molecule has 1 atom stereocenters. The molecular weight excluding hydrogens is 224 g/mol. The van der Waals surface area contributed by atoms with Gasteiger partial charge in [0.15, 0.2) is 0 Å². The molecule has 4 heteroatoms. The average molecular weight is 240 g/mol. The molecule has 0 spiro atoms. The quantitative estimate of drug-likeness (QED) is 0.795. The topological polar surface area (TPSA) is 38.7 Å². The van der Waals surface area contributed by atoms with E-state index in [9.17, 15) is 0 Å². The van der Waals surface area contributed by atoms with Crippen molar-refractivity contribution >= 4 is 11.3 Å². The second kappa shape index (κ2) is 7.42. The molecule has 0 aliphatic heterocycles. The van der Waals surface area contributed by atoms with Crippen molar-refractivity contribution < 1.29 is 14.6 Å². The van der Waals surface area contributed by atoms with Gasteiger partial charge in [-0.05, 0) is 13.0 Å². The summed E-state index contributed by atoms with van der Waals surface area (Å²) in [7, 11) is 1.66. The van der Waals surface area contributed by atoms with Gasteiger partial charge in [0.05, 0.1) is 19.3 Å². The van der Waals surface area contributed by atoms with Gasteiger partial charge in [0.25, 0.3) is 0 Å². The van der Waals surface area contributed by atoms with Crippen LogP contribution in [0.25, 0.3) is 0 Å². The molecule has 1 N–H and O–H groups in total. The molecule has 3 nitrogen and oxygen atoms in total. The van der Waals surface area contributed by atoms with Gasteiger partial charge >= 0.3 is 0 Å². The van der Waals surface area contributed by atoms with Crippen LogP contribution in [0.1, 0.15) is 17.4 Å². The number of hydrogen-bond acceptors (Lipinski definition) is 4. The molecule has 1 unspecified atom stereocenters. The number of hydrogen-bond donors (Lipinski definition) is 1. The lowest BCUT2D eigenvalue weighted by Crippen LogP contribution is -2.14. The third kappa shape index (κ3) is 4.77. The van der Waals surface area contributed by atoms with Crippen molar-refractivity contribution in [3.05, 3.63) is 21.9 Å². The third-order valence-corrected chi connectivity index (χ3v) is 2.79. The molecule has 0 radical (unpaired) electrons. The van der Waals surface area contributed by atoms with E-state index in [4.69, 9.17) is 14.6 Å². The Bertz CT molecular complexity index is 362. The fraction of sp³-hybridized carbons (Fsp3) is 0.500. The van der Waals surface area contributed by atoms with E-state index < -0.39 is 0 Å². The van der Waals surface area contributed by atoms with Crippen LogP contribution >= 0.6 is 11.3 Å². The maximum absolute atomic E-state index is 8.56. The SMILES string of the molecule is COCC(C)OCc1cc(C#CCO)cs1. The Balaban J connectivity index is 2.40. The molecule has 0 bridgehead atoms. The van der Waals surface area contributed by atoms with Crippen LogP contribution in [0.3, 0.4) is 0 Å². The zero-order valence-electron chi connectivity index (χ0n) is 9.53. The minimum atomic E-state index is -0.105. The van der Waals surface area contributed by atoms with Gasteiger partial charge in [-0.3, -0.25) is 0 Å². The Morgan fingerprint density at radius 1 is 1.56 bits per heavy atom. The number of aliphatic hydroxyl groups excluding tert-OH is 1. The van der Waals surface area contributed by atoms with E-state index in [0.29, 0.717) is 13.2 Å². The number of ether oxygens (including phenoxy) is 2. The van der Waals surface area contributed by atoms with Gasteiger partial charge in [-0.2, -0.15) is 0 Å². The van der Waals surface area contributed by atoms with Gasteiger partial charge in [-0.15, -0.1) is 11.3 Å². The Labute approximate surface area is 100 Å². The van der Waals surface area contributed by atoms with Gasteiger partial charge < -0.3 is 14.6 Å². The first-order valence-electron chi connectivity index (χ1n) is 5.04. The minimum Gasteiger partial charge on any atom is -0.384 e. The predicted octanol–water partition coefficient (Wildman–Crippen LogP) is 1.64. The Morgan fingerprint density at radius 3 is 3.06 bits per heavy atom. The molecule has 1 heterocycles. The lowest BCUT2D eigenvalue weighted by Gasteiger charge is -2.10. The molecule has 0 fully saturated rings. The van der Waals surface area contributed by atoms with E-state index in [-0.39, 0.29) is 12.7 Å². The van der Waals surface area contributed by atoms with Crippen LogP contribution in [0.5, 0.6) is 0 Å². The summed E-state index contributed by atoms with van der Waals surface area (Å²) in [6.45, 7) is 3.05. The smallest absolute Gasteiger partial charge is 0.104 e. The Hall–Kier alpha value is -0.860. The molecule has 16 heavy (non-hydrogen) atoms. The molecule has 0 aliphatic rings. The fourth-order valence-corrected chi connectivity index (χ4v) is 1.91. The zero-order valence-corrected chi connectivity index (χ0v) is 10.3. The monoisotopic (exact) mass is 240 g/mol. The normalized spacial score (nSPS) is 11.9. The van der Waals surface area contributed by atoms with Gasteiger partial charge in [0.2, 0.25) is 0 Å². The molecule has 88 valence electrons. The van der Waals surface area contributed by atoms with Crippen molar-refractivity contribution in [3.8, 4) is 11.8 Å². The summed E-state index contributed by atoms with van der Waals surface area (Å²) < 4.78 is 10.6. The summed E-state index contributed by atoms with van der Waals surface area (Å²) in [5, 5.41) is 10.5. The van der Waals surface area contributed by atoms with Crippen LogP contribution in [0.4, 0.5) is 0 Å². The van der Waals surface area contributed by atoms with Gasteiger partial charge in [-0.1, -0.05) is 11.8 Å². The number of rotatable bonds is 5. The van der Waals surface area contributed by atoms with E-state index in [1.165, 1.54) is 0 Å². The van der Waals surface area contributed by atoms with Gasteiger partial charge in [-0.25, -0.2) is 0 Å². The van der Waals surface area contributed by atoms with Crippen LogP contribution in [0, 0.1) is 11.8 Å². The highest BCUT2D eigenvalue weighted by molar-refractivity contribution is 7.10. The largest absolute Gasteiger partial charge is 0.384 e. The first-order chi connectivity index (χ1) is 7.76. The number of methoxy groups -OCH3 is 1. The van der Waals surface area contributed by atoms with E-state index in [2.05, 4.69) is 11.8 Å². The van der Waals surface area contributed by atoms with Crippen LogP contribution in [-0.2, 0) is 16.1 Å². The highest BCUT2D eigenvalue weighted by atomic mass is 32.1. The maximum Gasteiger partial charge on any atom is 0.104 e. The van der Waals surface area contributed by atoms with Crippen molar-refractivity contribution in [2.24, 2.45) is 0 Å². The molecule has 1 aromatic rings. The van der Waals surface area contributed by atoms with E-state index >= 15 is 0 Å². The molecule has 0 saturated carbocycles. The molecule has 0 aliphatic carbocycles. The summed E-state index contributed by atoms with van der Waals surface area (Å²) in [4.78, 5) is 1.13. The van der Waals surface area contributed by atoms with Gasteiger partial charge in [0, 0.05) is 22.9 Å². The van der Waals surface area contributed by atoms with Crippen molar-refractivity contribution in [2.75, 3.05) is 20.3 Å². The lowest BCUT2D eigenvalue weighted by molar-refractivity contribution is 0.000925. The van der Waals surface area contributed by atoms with Crippen molar-refractivity contribution in [3.63, 3.8) is 0 Å². The number of aliphatic hydroxyl groups is 1. The Morgan fingerprint density at radius 2 is 2.38 bits per heavy atom. The predicted molar refractivity (Wildman–Crippen MR) is 64.4 cm³/mol.